The van der Waals surface area contributed by atoms with Crippen LogP contribution in [0.3, 0.4) is 0 Å². The van der Waals surface area contributed by atoms with Crippen LogP contribution in [0, 0.1) is 0 Å². The first-order valence-electron chi connectivity index (χ1n) is 6.57. The van der Waals surface area contributed by atoms with Gasteiger partial charge in [0.05, 0.1) is 6.54 Å². The van der Waals surface area contributed by atoms with Crippen molar-refractivity contribution >= 4 is 23.2 Å². The Balaban J connectivity index is 1.87. The maximum absolute atomic E-state index is 6.09. The molecule has 4 nitrogen and oxygen atoms in total. The Morgan fingerprint density at radius 3 is 2.65 bits per heavy atom. The van der Waals surface area contributed by atoms with E-state index in [1.165, 1.54) is 0 Å². The predicted octanol–water partition coefficient (Wildman–Crippen LogP) is 2.71. The van der Waals surface area contributed by atoms with E-state index < -0.39 is 0 Å². The molecule has 0 fully saturated rings. The van der Waals surface area contributed by atoms with Gasteiger partial charge in [0, 0.05) is 48.1 Å². The summed E-state index contributed by atoms with van der Waals surface area (Å²) in [7, 11) is 0. The fraction of sp³-hybridized carbons (Fsp3) is 0.357. The molecule has 0 amide bonds. The lowest BCUT2D eigenvalue weighted by Gasteiger charge is -2.34. The van der Waals surface area contributed by atoms with Crippen LogP contribution in [0.4, 0.5) is 0 Å². The molecular weight excluding hydrogens is 295 g/mol. The van der Waals surface area contributed by atoms with Crippen molar-refractivity contribution in [1.29, 1.82) is 0 Å². The average Bonchev–Trinajstić information content (AvgIpc) is 2.86. The van der Waals surface area contributed by atoms with E-state index in [0.717, 1.165) is 31.0 Å². The third-order valence-electron chi connectivity index (χ3n) is 3.71. The van der Waals surface area contributed by atoms with Crippen LogP contribution in [0.1, 0.15) is 17.4 Å². The molecule has 1 aliphatic heterocycles. The van der Waals surface area contributed by atoms with Crippen molar-refractivity contribution in [3.05, 3.63) is 52.0 Å². The van der Waals surface area contributed by atoms with E-state index in [1.54, 1.807) is 6.07 Å². The molecule has 1 unspecified atom stereocenters. The topological polar surface area (TPSA) is 47.1 Å². The summed E-state index contributed by atoms with van der Waals surface area (Å²) in [5, 5.41) is 1.29. The standard InChI is InChI=1S/C14H16Cl2N4/c15-11-5-10(6-12(16)7-11)13(8-17)20-4-3-19-2-1-18-14(19)9-20/h1-2,5-7,13H,3-4,8-9,17H2. The summed E-state index contributed by atoms with van der Waals surface area (Å²) in [5.74, 6) is 1.07. The van der Waals surface area contributed by atoms with E-state index in [4.69, 9.17) is 28.9 Å². The van der Waals surface area contributed by atoms with Gasteiger partial charge in [-0.3, -0.25) is 4.90 Å². The van der Waals surface area contributed by atoms with Gasteiger partial charge in [0.2, 0.25) is 0 Å². The van der Waals surface area contributed by atoms with E-state index in [0.29, 0.717) is 16.6 Å². The number of imidazole rings is 1. The quantitative estimate of drug-likeness (QED) is 0.948. The third kappa shape index (κ3) is 2.69. The maximum atomic E-state index is 6.09. The van der Waals surface area contributed by atoms with Gasteiger partial charge in [0.15, 0.2) is 0 Å². The summed E-state index contributed by atoms with van der Waals surface area (Å²) in [6.45, 7) is 3.19. The van der Waals surface area contributed by atoms with Gasteiger partial charge in [-0.1, -0.05) is 23.2 Å². The Morgan fingerprint density at radius 2 is 1.95 bits per heavy atom. The molecule has 0 bridgehead atoms. The lowest BCUT2D eigenvalue weighted by Crippen LogP contribution is -2.39. The molecular formula is C14H16Cl2N4. The van der Waals surface area contributed by atoms with Crippen molar-refractivity contribution in [3.63, 3.8) is 0 Å². The van der Waals surface area contributed by atoms with E-state index in [1.807, 2.05) is 24.5 Å². The Labute approximate surface area is 128 Å². The summed E-state index contributed by atoms with van der Waals surface area (Å²) >= 11 is 12.2. The van der Waals surface area contributed by atoms with Crippen molar-refractivity contribution in [1.82, 2.24) is 14.5 Å². The van der Waals surface area contributed by atoms with Crippen LogP contribution >= 0.6 is 23.2 Å². The van der Waals surface area contributed by atoms with Gasteiger partial charge < -0.3 is 10.3 Å². The highest BCUT2D eigenvalue weighted by molar-refractivity contribution is 6.34. The lowest BCUT2D eigenvalue weighted by molar-refractivity contribution is 0.156. The molecule has 6 heteroatoms. The number of hydrogen-bond donors (Lipinski definition) is 1. The first kappa shape index (κ1) is 13.9. The van der Waals surface area contributed by atoms with Crippen molar-refractivity contribution in [3.8, 4) is 0 Å². The molecule has 2 heterocycles. The molecule has 1 atom stereocenters. The van der Waals surface area contributed by atoms with Crippen molar-refractivity contribution in [2.24, 2.45) is 5.73 Å². The monoisotopic (exact) mass is 310 g/mol. The number of halogens is 2. The molecule has 0 spiro atoms. The highest BCUT2D eigenvalue weighted by Gasteiger charge is 2.24. The summed E-state index contributed by atoms with van der Waals surface area (Å²) in [6.07, 6.45) is 3.85. The zero-order chi connectivity index (χ0) is 14.1. The van der Waals surface area contributed by atoms with Crippen LogP contribution in [0.15, 0.2) is 30.6 Å². The van der Waals surface area contributed by atoms with Gasteiger partial charge in [0.1, 0.15) is 5.82 Å². The van der Waals surface area contributed by atoms with Gasteiger partial charge in [-0.2, -0.15) is 0 Å². The minimum Gasteiger partial charge on any atom is -0.333 e. The van der Waals surface area contributed by atoms with E-state index >= 15 is 0 Å². The fourth-order valence-corrected chi connectivity index (χ4v) is 3.26. The molecule has 2 aromatic rings. The second-order valence-corrected chi connectivity index (χ2v) is 5.83. The molecule has 0 aliphatic carbocycles. The molecule has 106 valence electrons. The maximum Gasteiger partial charge on any atom is 0.122 e. The van der Waals surface area contributed by atoms with E-state index in [-0.39, 0.29) is 6.04 Å². The number of nitrogens with two attached hydrogens (primary N) is 1. The first-order valence-corrected chi connectivity index (χ1v) is 7.33. The minimum atomic E-state index is 0.108. The van der Waals surface area contributed by atoms with E-state index in [9.17, 15) is 0 Å². The van der Waals surface area contributed by atoms with Crippen molar-refractivity contribution in [2.45, 2.75) is 19.1 Å². The van der Waals surface area contributed by atoms with E-state index in [2.05, 4.69) is 14.5 Å². The van der Waals surface area contributed by atoms with Crippen LogP contribution < -0.4 is 5.73 Å². The number of nitrogens with zero attached hydrogens (tertiary/aromatic N) is 3. The summed E-state index contributed by atoms with van der Waals surface area (Å²) in [6, 6.07) is 5.72. The molecule has 2 N–H and O–H groups in total. The number of hydrogen-bond acceptors (Lipinski definition) is 3. The molecule has 0 radical (unpaired) electrons. The minimum absolute atomic E-state index is 0.108. The number of aromatic nitrogens is 2. The Kier molecular flexibility index (Phi) is 3.98. The zero-order valence-electron chi connectivity index (χ0n) is 11.0. The Morgan fingerprint density at radius 1 is 1.20 bits per heavy atom. The predicted molar refractivity (Wildman–Crippen MR) is 80.9 cm³/mol. The molecule has 20 heavy (non-hydrogen) atoms. The highest BCUT2D eigenvalue weighted by Crippen LogP contribution is 2.28. The van der Waals surface area contributed by atoms with Crippen LogP contribution in [-0.2, 0) is 13.1 Å². The third-order valence-corrected chi connectivity index (χ3v) is 4.14. The van der Waals surface area contributed by atoms with Crippen LogP contribution in [0.25, 0.3) is 0 Å². The van der Waals surface area contributed by atoms with Gasteiger partial charge in [-0.05, 0) is 23.8 Å². The largest absolute Gasteiger partial charge is 0.333 e. The number of benzene rings is 1. The van der Waals surface area contributed by atoms with Gasteiger partial charge in [-0.25, -0.2) is 4.98 Å². The van der Waals surface area contributed by atoms with Crippen LogP contribution in [0.5, 0.6) is 0 Å². The second-order valence-electron chi connectivity index (χ2n) is 4.96. The zero-order valence-corrected chi connectivity index (χ0v) is 12.5. The van der Waals surface area contributed by atoms with Crippen molar-refractivity contribution < 1.29 is 0 Å². The van der Waals surface area contributed by atoms with Crippen LogP contribution in [0.2, 0.25) is 10.0 Å². The molecule has 1 aromatic carbocycles. The van der Waals surface area contributed by atoms with Crippen LogP contribution in [-0.4, -0.2) is 27.5 Å². The first-order chi connectivity index (χ1) is 9.67. The normalized spacial score (nSPS) is 16.9. The van der Waals surface area contributed by atoms with Gasteiger partial charge in [0.25, 0.3) is 0 Å². The molecule has 3 rings (SSSR count). The fourth-order valence-electron chi connectivity index (χ4n) is 2.72. The molecule has 1 aliphatic rings. The second kappa shape index (κ2) is 5.74. The summed E-state index contributed by atoms with van der Waals surface area (Å²) < 4.78 is 2.18. The average molecular weight is 311 g/mol. The SMILES string of the molecule is NCC(c1cc(Cl)cc(Cl)c1)N1CCn2ccnc2C1. The van der Waals surface area contributed by atoms with Gasteiger partial charge in [-0.15, -0.1) is 0 Å². The Hall–Kier alpha value is -1.07. The Bertz CT molecular complexity index is 591. The summed E-state index contributed by atoms with van der Waals surface area (Å²) in [4.78, 5) is 6.70. The number of fused-ring (bicyclic) bond motifs is 1. The van der Waals surface area contributed by atoms with Gasteiger partial charge >= 0.3 is 0 Å². The van der Waals surface area contributed by atoms with Crippen molar-refractivity contribution in [2.75, 3.05) is 13.1 Å². The molecule has 0 saturated carbocycles. The summed E-state index contributed by atoms with van der Waals surface area (Å²) in [5.41, 5.74) is 7.04. The number of rotatable bonds is 3. The smallest absolute Gasteiger partial charge is 0.122 e. The molecule has 1 aromatic heterocycles. The lowest BCUT2D eigenvalue weighted by atomic mass is 10.0. The molecule has 0 saturated heterocycles. The highest BCUT2D eigenvalue weighted by atomic mass is 35.5.